The summed E-state index contributed by atoms with van der Waals surface area (Å²) in [4.78, 5) is 31.7. The van der Waals surface area contributed by atoms with Gasteiger partial charge in [-0.15, -0.1) is 0 Å². The van der Waals surface area contributed by atoms with Gasteiger partial charge in [0.1, 0.15) is 11.5 Å². The number of carbonyl (C=O) groups is 2. The molecule has 1 saturated heterocycles. The molecule has 0 saturated carbocycles. The molecule has 2 heterocycles. The molecule has 1 atom stereocenters. The average Bonchev–Trinajstić information content (AvgIpc) is 3.04. The van der Waals surface area contributed by atoms with Crippen LogP contribution in [0.3, 0.4) is 0 Å². The number of ketones is 1. The molecule has 1 aliphatic rings. The number of para-hydroxylation sites is 1. The standard InChI is InChI=1S/C25H22N2O4/c1-16-7-9-18(10-8-16)23(28)21-22(19-5-3-4-6-20(19)31-2)27(25(30)24(21)29)15-17-11-13-26-14-12-17/h3-14,22,28H,15H2,1-2H3/b23-21-. The molecule has 2 aromatic carbocycles. The van der Waals surface area contributed by atoms with Gasteiger partial charge in [0, 0.05) is 30.1 Å². The zero-order chi connectivity index (χ0) is 22.0. The van der Waals surface area contributed by atoms with Crippen LogP contribution >= 0.6 is 0 Å². The second-order valence-electron chi connectivity index (χ2n) is 7.39. The molecule has 0 radical (unpaired) electrons. The van der Waals surface area contributed by atoms with Gasteiger partial charge >= 0.3 is 0 Å². The van der Waals surface area contributed by atoms with Crippen LogP contribution in [0.15, 0.2) is 78.6 Å². The second kappa shape index (κ2) is 8.44. The van der Waals surface area contributed by atoms with E-state index in [2.05, 4.69) is 4.98 Å². The van der Waals surface area contributed by atoms with Gasteiger partial charge in [0.2, 0.25) is 0 Å². The molecule has 0 aliphatic carbocycles. The molecule has 156 valence electrons. The number of amides is 1. The third-order valence-electron chi connectivity index (χ3n) is 5.40. The molecule has 0 spiro atoms. The minimum Gasteiger partial charge on any atom is -0.507 e. The monoisotopic (exact) mass is 414 g/mol. The van der Waals surface area contributed by atoms with E-state index in [0.29, 0.717) is 16.9 Å². The SMILES string of the molecule is COc1ccccc1C1/C(=C(/O)c2ccc(C)cc2)C(=O)C(=O)N1Cc1ccncc1. The van der Waals surface area contributed by atoms with Gasteiger partial charge < -0.3 is 14.7 Å². The molecule has 1 aliphatic heterocycles. The summed E-state index contributed by atoms with van der Waals surface area (Å²) in [6, 6.07) is 17.2. The van der Waals surface area contributed by atoms with Gasteiger partial charge in [0.15, 0.2) is 0 Å². The molecule has 6 heteroatoms. The summed E-state index contributed by atoms with van der Waals surface area (Å²) < 4.78 is 5.51. The number of aliphatic hydroxyl groups is 1. The summed E-state index contributed by atoms with van der Waals surface area (Å²) in [6.07, 6.45) is 3.27. The number of aliphatic hydroxyl groups excluding tert-OH is 1. The molecule has 3 aromatic rings. The molecule has 1 amide bonds. The van der Waals surface area contributed by atoms with Crippen molar-refractivity contribution < 1.29 is 19.4 Å². The number of nitrogens with zero attached hydrogens (tertiary/aromatic N) is 2. The number of hydrogen-bond acceptors (Lipinski definition) is 5. The molecular formula is C25H22N2O4. The van der Waals surface area contributed by atoms with Crippen LogP contribution in [0, 0.1) is 6.92 Å². The number of rotatable bonds is 5. The van der Waals surface area contributed by atoms with Crippen LogP contribution in [0.1, 0.15) is 28.3 Å². The number of aryl methyl sites for hydroxylation is 1. The number of methoxy groups -OCH3 is 1. The minimum absolute atomic E-state index is 0.0485. The van der Waals surface area contributed by atoms with Gasteiger partial charge in [-0.2, -0.15) is 0 Å². The molecule has 0 bridgehead atoms. The largest absolute Gasteiger partial charge is 0.507 e. The molecule has 6 nitrogen and oxygen atoms in total. The number of ether oxygens (including phenoxy) is 1. The Morgan fingerprint density at radius 1 is 1.03 bits per heavy atom. The topological polar surface area (TPSA) is 79.7 Å². The lowest BCUT2D eigenvalue weighted by molar-refractivity contribution is -0.140. The fraction of sp³-hybridized carbons (Fsp3) is 0.160. The van der Waals surface area contributed by atoms with Gasteiger partial charge in [0.05, 0.1) is 18.7 Å². The molecule has 4 rings (SSSR count). The Morgan fingerprint density at radius 3 is 2.39 bits per heavy atom. The summed E-state index contributed by atoms with van der Waals surface area (Å²) in [5.41, 5.74) is 3.01. The highest BCUT2D eigenvalue weighted by Crippen LogP contribution is 2.43. The Kier molecular flexibility index (Phi) is 5.54. The highest BCUT2D eigenvalue weighted by Gasteiger charge is 2.47. The Balaban J connectivity index is 1.90. The highest BCUT2D eigenvalue weighted by molar-refractivity contribution is 6.46. The van der Waals surface area contributed by atoms with Crippen LogP contribution in [0.5, 0.6) is 5.75 Å². The van der Waals surface area contributed by atoms with Crippen molar-refractivity contribution in [1.82, 2.24) is 9.88 Å². The predicted octanol–water partition coefficient (Wildman–Crippen LogP) is 4.02. The first-order chi connectivity index (χ1) is 15.0. The quantitative estimate of drug-likeness (QED) is 0.388. The predicted molar refractivity (Wildman–Crippen MR) is 116 cm³/mol. The van der Waals surface area contributed by atoms with Crippen LogP contribution in [0.4, 0.5) is 0 Å². The maximum Gasteiger partial charge on any atom is 0.295 e. The third kappa shape index (κ3) is 3.80. The first kappa shape index (κ1) is 20.3. The van der Waals surface area contributed by atoms with Gasteiger partial charge in [-0.1, -0.05) is 48.0 Å². The normalized spacial score (nSPS) is 17.7. The highest BCUT2D eigenvalue weighted by atomic mass is 16.5. The fourth-order valence-corrected chi connectivity index (χ4v) is 3.81. The van der Waals surface area contributed by atoms with Crippen molar-refractivity contribution >= 4 is 17.4 Å². The van der Waals surface area contributed by atoms with Crippen molar-refractivity contribution in [3.63, 3.8) is 0 Å². The van der Waals surface area contributed by atoms with Crippen LogP contribution in [-0.2, 0) is 16.1 Å². The Bertz CT molecular complexity index is 1150. The average molecular weight is 414 g/mol. The van der Waals surface area contributed by atoms with Crippen molar-refractivity contribution in [2.75, 3.05) is 7.11 Å². The van der Waals surface area contributed by atoms with Gasteiger partial charge in [-0.05, 0) is 30.7 Å². The van der Waals surface area contributed by atoms with Gasteiger partial charge in [-0.25, -0.2) is 0 Å². The van der Waals surface area contributed by atoms with Crippen LogP contribution in [0.2, 0.25) is 0 Å². The summed E-state index contributed by atoms with van der Waals surface area (Å²) in [6.45, 7) is 2.13. The summed E-state index contributed by atoms with van der Waals surface area (Å²) in [7, 11) is 1.54. The molecule has 31 heavy (non-hydrogen) atoms. The smallest absolute Gasteiger partial charge is 0.295 e. The van der Waals surface area contributed by atoms with Crippen molar-refractivity contribution in [3.8, 4) is 5.75 Å². The van der Waals surface area contributed by atoms with E-state index in [9.17, 15) is 14.7 Å². The number of pyridine rings is 1. The van der Waals surface area contributed by atoms with E-state index in [1.807, 2.05) is 31.2 Å². The second-order valence-corrected chi connectivity index (χ2v) is 7.39. The van der Waals surface area contributed by atoms with E-state index in [1.165, 1.54) is 12.0 Å². The lowest BCUT2D eigenvalue weighted by atomic mass is 9.94. The molecule has 1 aromatic heterocycles. The van der Waals surface area contributed by atoms with Crippen molar-refractivity contribution in [2.45, 2.75) is 19.5 Å². The molecule has 1 fully saturated rings. The number of aromatic nitrogens is 1. The van der Waals surface area contributed by atoms with Crippen molar-refractivity contribution in [1.29, 1.82) is 0 Å². The minimum atomic E-state index is -0.786. The van der Waals surface area contributed by atoms with Crippen LogP contribution < -0.4 is 4.74 Å². The Morgan fingerprint density at radius 2 is 1.71 bits per heavy atom. The molecular weight excluding hydrogens is 392 g/mol. The Hall–Kier alpha value is -3.93. The lowest BCUT2D eigenvalue weighted by Crippen LogP contribution is -2.29. The van der Waals surface area contributed by atoms with Gasteiger partial charge in [0.25, 0.3) is 11.7 Å². The zero-order valence-corrected chi connectivity index (χ0v) is 17.3. The lowest BCUT2D eigenvalue weighted by Gasteiger charge is -2.26. The summed E-state index contributed by atoms with van der Waals surface area (Å²) in [5, 5.41) is 11.1. The number of hydrogen-bond donors (Lipinski definition) is 1. The summed E-state index contributed by atoms with van der Waals surface area (Å²) >= 11 is 0. The van der Waals surface area contributed by atoms with E-state index in [4.69, 9.17) is 4.74 Å². The van der Waals surface area contributed by atoms with E-state index in [1.54, 1.807) is 48.8 Å². The Labute approximate surface area is 180 Å². The van der Waals surface area contributed by atoms with Crippen LogP contribution in [0.25, 0.3) is 5.76 Å². The zero-order valence-electron chi connectivity index (χ0n) is 17.3. The number of Topliss-reactive ketones (excluding diaryl/α,β-unsaturated/α-hetero) is 1. The van der Waals surface area contributed by atoms with Crippen molar-refractivity contribution in [2.24, 2.45) is 0 Å². The molecule has 1 N–H and O–H groups in total. The van der Waals surface area contributed by atoms with E-state index in [0.717, 1.165) is 11.1 Å². The first-order valence-electron chi connectivity index (χ1n) is 9.88. The third-order valence-corrected chi connectivity index (χ3v) is 5.40. The van der Waals surface area contributed by atoms with Crippen LogP contribution in [-0.4, -0.2) is 33.8 Å². The van der Waals surface area contributed by atoms with E-state index in [-0.39, 0.29) is 17.9 Å². The number of likely N-dealkylation sites (tertiary alicyclic amines) is 1. The van der Waals surface area contributed by atoms with E-state index >= 15 is 0 Å². The first-order valence-corrected chi connectivity index (χ1v) is 9.88. The molecule has 1 unspecified atom stereocenters. The summed E-state index contributed by atoms with van der Waals surface area (Å²) in [5.74, 6) is -1.06. The maximum atomic E-state index is 13.1. The number of carbonyl (C=O) groups excluding carboxylic acids is 2. The number of benzene rings is 2. The van der Waals surface area contributed by atoms with Crippen molar-refractivity contribution in [3.05, 3.63) is 101 Å². The maximum absolute atomic E-state index is 13.1. The van der Waals surface area contributed by atoms with E-state index < -0.39 is 17.7 Å². The fourth-order valence-electron chi connectivity index (χ4n) is 3.81. The van der Waals surface area contributed by atoms with Gasteiger partial charge in [-0.3, -0.25) is 14.6 Å².